The molecule has 0 spiro atoms. The van der Waals surface area contributed by atoms with Crippen LogP contribution in [0.4, 0.5) is 0 Å². The Bertz CT molecular complexity index is 771. The summed E-state index contributed by atoms with van der Waals surface area (Å²) in [7, 11) is -0.0508. The van der Waals surface area contributed by atoms with Crippen molar-refractivity contribution in [3.8, 4) is 0 Å². The van der Waals surface area contributed by atoms with Gasteiger partial charge in [0, 0.05) is 57.3 Å². The van der Waals surface area contributed by atoms with E-state index in [0.717, 1.165) is 17.0 Å². The van der Waals surface area contributed by atoms with Gasteiger partial charge in [-0.05, 0) is 12.1 Å². The molecule has 0 saturated carbocycles. The highest BCUT2D eigenvalue weighted by molar-refractivity contribution is 7.89. The Morgan fingerprint density at radius 1 is 1.41 bits per heavy atom. The molecule has 1 aliphatic rings. The van der Waals surface area contributed by atoms with Crippen molar-refractivity contribution in [3.05, 3.63) is 41.5 Å². The van der Waals surface area contributed by atoms with E-state index in [0.29, 0.717) is 26.1 Å². The van der Waals surface area contributed by atoms with Crippen LogP contribution in [0.2, 0.25) is 0 Å². The van der Waals surface area contributed by atoms with E-state index in [-0.39, 0.29) is 4.90 Å². The zero-order chi connectivity index (χ0) is 15.7. The zero-order valence-corrected chi connectivity index (χ0v) is 13.4. The molecule has 0 aliphatic carbocycles. The van der Waals surface area contributed by atoms with Crippen LogP contribution in [-0.2, 0) is 41.4 Å². The number of aryl methyl sites for hydroxylation is 1. The van der Waals surface area contributed by atoms with Gasteiger partial charge in [-0.15, -0.1) is 0 Å². The fourth-order valence-electron chi connectivity index (χ4n) is 2.75. The minimum atomic E-state index is -3.53. The highest BCUT2D eigenvalue weighted by Gasteiger charge is 2.31. The third-order valence-corrected chi connectivity index (χ3v) is 5.67. The lowest BCUT2D eigenvalue weighted by Gasteiger charge is -2.26. The summed E-state index contributed by atoms with van der Waals surface area (Å²) in [6, 6.07) is 3.19. The van der Waals surface area contributed by atoms with Crippen molar-refractivity contribution >= 4 is 10.0 Å². The molecular formula is C14H18N4O3S. The Morgan fingerprint density at radius 3 is 2.91 bits per heavy atom. The van der Waals surface area contributed by atoms with Gasteiger partial charge in [-0.25, -0.2) is 8.42 Å². The van der Waals surface area contributed by atoms with Gasteiger partial charge in [0.05, 0.1) is 12.3 Å². The van der Waals surface area contributed by atoms with E-state index in [4.69, 9.17) is 4.74 Å². The van der Waals surface area contributed by atoms with Gasteiger partial charge >= 0.3 is 0 Å². The monoisotopic (exact) mass is 322 g/mol. The summed E-state index contributed by atoms with van der Waals surface area (Å²) in [5.41, 5.74) is 2.82. The third kappa shape index (κ3) is 2.53. The number of rotatable bonds is 4. The predicted molar refractivity (Wildman–Crippen MR) is 79.5 cm³/mol. The topological polar surface area (TPSA) is 77.3 Å². The summed E-state index contributed by atoms with van der Waals surface area (Å²) in [4.78, 5) is 4.12. The first-order valence-corrected chi connectivity index (χ1v) is 8.40. The van der Waals surface area contributed by atoms with Crippen molar-refractivity contribution < 1.29 is 13.2 Å². The maximum atomic E-state index is 12.7. The second-order valence-electron chi connectivity index (χ2n) is 5.21. The van der Waals surface area contributed by atoms with Gasteiger partial charge in [-0.3, -0.25) is 9.67 Å². The number of fused-ring (bicyclic) bond motifs is 1. The molecule has 0 saturated heterocycles. The van der Waals surface area contributed by atoms with Crippen molar-refractivity contribution in [2.75, 3.05) is 13.7 Å². The average Bonchev–Trinajstić information content (AvgIpc) is 2.84. The largest absolute Gasteiger partial charge is 0.378 e. The molecular weight excluding hydrogens is 304 g/mol. The first kappa shape index (κ1) is 15.1. The lowest BCUT2D eigenvalue weighted by molar-refractivity contribution is 0.179. The zero-order valence-electron chi connectivity index (χ0n) is 12.6. The number of pyridine rings is 1. The molecule has 0 atom stereocenters. The Kier molecular flexibility index (Phi) is 3.98. The third-order valence-electron chi connectivity index (χ3n) is 3.84. The molecule has 3 rings (SSSR count). The summed E-state index contributed by atoms with van der Waals surface area (Å²) in [6.45, 7) is 1.14. The number of methoxy groups -OCH3 is 1. The van der Waals surface area contributed by atoms with Crippen LogP contribution in [-0.4, -0.2) is 41.1 Å². The standard InChI is InChI=1S/C14H18N4O3S/c1-17-14-5-7-18(9-12(14)13(16-17)10-21-2)22(19,20)11-4-3-6-15-8-11/h3-4,6,8H,5,7,9-10H2,1-2H3. The van der Waals surface area contributed by atoms with E-state index >= 15 is 0 Å². The fraction of sp³-hybridized carbons (Fsp3) is 0.429. The van der Waals surface area contributed by atoms with Crippen LogP contribution in [0, 0.1) is 0 Å². The number of ether oxygens (including phenoxy) is 1. The van der Waals surface area contributed by atoms with E-state index in [1.54, 1.807) is 25.4 Å². The van der Waals surface area contributed by atoms with Crippen LogP contribution in [0.3, 0.4) is 0 Å². The number of aromatic nitrogens is 3. The molecule has 0 aromatic carbocycles. The van der Waals surface area contributed by atoms with Crippen LogP contribution >= 0.6 is 0 Å². The van der Waals surface area contributed by atoms with E-state index in [1.165, 1.54) is 10.5 Å². The number of nitrogens with zero attached hydrogens (tertiary/aromatic N) is 4. The van der Waals surface area contributed by atoms with Crippen LogP contribution in [0.1, 0.15) is 17.0 Å². The lowest BCUT2D eigenvalue weighted by Crippen LogP contribution is -2.36. The van der Waals surface area contributed by atoms with Crippen LogP contribution in [0.5, 0.6) is 0 Å². The summed E-state index contributed by atoms with van der Waals surface area (Å²) >= 11 is 0. The van der Waals surface area contributed by atoms with Gasteiger partial charge in [0.25, 0.3) is 0 Å². The second-order valence-corrected chi connectivity index (χ2v) is 7.14. The van der Waals surface area contributed by atoms with Gasteiger partial charge in [-0.1, -0.05) is 0 Å². The molecule has 0 fully saturated rings. The van der Waals surface area contributed by atoms with Crippen LogP contribution in [0.25, 0.3) is 0 Å². The Morgan fingerprint density at radius 2 is 2.23 bits per heavy atom. The summed E-state index contributed by atoms with van der Waals surface area (Å²) in [6.07, 6.45) is 3.58. The lowest BCUT2D eigenvalue weighted by atomic mass is 10.1. The molecule has 0 N–H and O–H groups in total. The van der Waals surface area contributed by atoms with Crippen molar-refractivity contribution in [1.29, 1.82) is 0 Å². The van der Waals surface area contributed by atoms with Crippen molar-refractivity contribution in [3.63, 3.8) is 0 Å². The fourth-order valence-corrected chi connectivity index (χ4v) is 4.12. The van der Waals surface area contributed by atoms with E-state index in [9.17, 15) is 8.42 Å². The number of hydrogen-bond acceptors (Lipinski definition) is 5. The second kappa shape index (κ2) is 5.79. The summed E-state index contributed by atoms with van der Waals surface area (Å²) in [5.74, 6) is 0. The van der Waals surface area contributed by atoms with E-state index in [1.807, 2.05) is 11.7 Å². The van der Waals surface area contributed by atoms with Gasteiger partial charge in [-0.2, -0.15) is 9.40 Å². The quantitative estimate of drug-likeness (QED) is 0.828. The maximum Gasteiger partial charge on any atom is 0.244 e. The van der Waals surface area contributed by atoms with Crippen LogP contribution < -0.4 is 0 Å². The summed E-state index contributed by atoms with van der Waals surface area (Å²) in [5, 5.41) is 4.43. The first-order valence-electron chi connectivity index (χ1n) is 6.96. The molecule has 3 heterocycles. The molecule has 0 radical (unpaired) electrons. The van der Waals surface area contributed by atoms with Gasteiger partial charge < -0.3 is 4.74 Å². The minimum absolute atomic E-state index is 0.218. The van der Waals surface area contributed by atoms with Gasteiger partial charge in [0.1, 0.15) is 4.90 Å². The molecule has 2 aromatic rings. The normalized spacial score (nSPS) is 15.7. The van der Waals surface area contributed by atoms with E-state index < -0.39 is 10.0 Å². The Hall–Kier alpha value is -1.77. The molecule has 0 amide bonds. The first-order chi connectivity index (χ1) is 10.5. The molecule has 8 heteroatoms. The van der Waals surface area contributed by atoms with E-state index in [2.05, 4.69) is 10.1 Å². The van der Waals surface area contributed by atoms with Crippen molar-refractivity contribution in [1.82, 2.24) is 19.1 Å². The Balaban J connectivity index is 1.94. The molecule has 22 heavy (non-hydrogen) atoms. The highest BCUT2D eigenvalue weighted by atomic mass is 32.2. The Labute approximate surface area is 129 Å². The number of sulfonamides is 1. The van der Waals surface area contributed by atoms with Crippen molar-refractivity contribution in [2.24, 2.45) is 7.05 Å². The summed E-state index contributed by atoms with van der Waals surface area (Å²) < 4.78 is 33.9. The smallest absolute Gasteiger partial charge is 0.244 e. The SMILES string of the molecule is COCc1nn(C)c2c1CN(S(=O)(=O)c1cccnc1)CC2. The number of hydrogen-bond donors (Lipinski definition) is 0. The predicted octanol–water partition coefficient (Wildman–Crippen LogP) is 0.708. The molecule has 118 valence electrons. The maximum absolute atomic E-state index is 12.7. The molecule has 0 unspecified atom stereocenters. The van der Waals surface area contributed by atoms with Crippen molar-refractivity contribution in [2.45, 2.75) is 24.5 Å². The van der Waals surface area contributed by atoms with Gasteiger partial charge in [0.2, 0.25) is 10.0 Å². The van der Waals surface area contributed by atoms with Gasteiger partial charge in [0.15, 0.2) is 0 Å². The minimum Gasteiger partial charge on any atom is -0.378 e. The highest BCUT2D eigenvalue weighted by Crippen LogP contribution is 2.26. The molecule has 0 bridgehead atoms. The van der Waals surface area contributed by atoms with Crippen LogP contribution in [0.15, 0.2) is 29.4 Å². The average molecular weight is 322 g/mol. The molecule has 1 aliphatic heterocycles. The molecule has 7 nitrogen and oxygen atoms in total. The molecule has 2 aromatic heterocycles.